The first-order valence-corrected chi connectivity index (χ1v) is 6.91. The van der Waals surface area contributed by atoms with Gasteiger partial charge in [0.15, 0.2) is 0 Å². The van der Waals surface area contributed by atoms with Crippen LogP contribution in [0.1, 0.15) is 33.0 Å². The Bertz CT molecular complexity index is 356. The molecule has 0 fully saturated rings. The summed E-state index contributed by atoms with van der Waals surface area (Å²) in [5, 5.41) is 4.10. The van der Waals surface area contributed by atoms with Gasteiger partial charge in [0.25, 0.3) is 0 Å². The van der Waals surface area contributed by atoms with Crippen LogP contribution in [0.3, 0.4) is 0 Å². The molecule has 1 heterocycles. The highest BCUT2D eigenvalue weighted by atomic mass is 32.2. The minimum atomic E-state index is -0.981. The molecule has 0 aromatic carbocycles. The summed E-state index contributed by atoms with van der Waals surface area (Å²) in [4.78, 5) is 4.12. The lowest BCUT2D eigenvalue weighted by Crippen LogP contribution is -2.38. The van der Waals surface area contributed by atoms with E-state index in [1.54, 1.807) is 4.68 Å². The van der Waals surface area contributed by atoms with Crippen LogP contribution in [-0.4, -0.2) is 30.3 Å². The minimum absolute atomic E-state index is 0.402. The lowest BCUT2D eigenvalue weighted by molar-refractivity contribution is 0.568. The molecule has 1 aromatic heterocycles. The zero-order valence-corrected chi connectivity index (χ0v) is 11.0. The molecule has 0 amide bonds. The molecule has 2 N–H and O–H groups in total. The highest BCUT2D eigenvalue weighted by Gasteiger charge is 2.17. The van der Waals surface area contributed by atoms with E-state index in [4.69, 9.17) is 5.73 Å². The maximum atomic E-state index is 11.8. The van der Waals surface area contributed by atoms with Crippen molar-refractivity contribution in [1.29, 1.82) is 0 Å². The molecule has 0 aliphatic rings. The highest BCUT2D eigenvalue weighted by molar-refractivity contribution is 7.84. The number of aromatic nitrogens is 3. The summed E-state index contributed by atoms with van der Waals surface area (Å²) in [5.41, 5.74) is 5.42. The molecule has 0 aliphatic carbocycles. The second kappa shape index (κ2) is 5.54. The topological polar surface area (TPSA) is 73.8 Å². The van der Waals surface area contributed by atoms with E-state index in [0.29, 0.717) is 11.5 Å². The summed E-state index contributed by atoms with van der Waals surface area (Å²) in [6.45, 7) is 6.65. The Hall–Kier alpha value is -0.750. The van der Waals surface area contributed by atoms with E-state index in [1.807, 2.05) is 13.8 Å². The van der Waals surface area contributed by atoms with Gasteiger partial charge in [0.1, 0.15) is 12.2 Å². The molecule has 1 atom stereocenters. The number of hydrogen-bond donors (Lipinski definition) is 1. The Kier molecular flexibility index (Phi) is 4.61. The first-order chi connectivity index (χ1) is 7.42. The lowest BCUT2D eigenvalue weighted by atomic mass is 10.1. The number of nitrogens with two attached hydrogens (primary N) is 1. The number of aryl methyl sites for hydroxylation is 1. The molecule has 0 spiro atoms. The summed E-state index contributed by atoms with van der Waals surface area (Å²) in [6.07, 6.45) is 2.50. The molecule has 0 bridgehead atoms. The van der Waals surface area contributed by atoms with E-state index in [9.17, 15) is 4.21 Å². The van der Waals surface area contributed by atoms with Gasteiger partial charge in [-0.2, -0.15) is 5.10 Å². The summed E-state index contributed by atoms with van der Waals surface area (Å²) >= 11 is 0. The van der Waals surface area contributed by atoms with Crippen molar-refractivity contribution in [3.8, 4) is 0 Å². The van der Waals surface area contributed by atoms with E-state index >= 15 is 0 Å². The summed E-state index contributed by atoms with van der Waals surface area (Å²) in [5.74, 6) is 1.69. The standard InChI is InChI=1S/C10H20N4OS/c1-4-5-14-9(12-8-13-14)6-16(15)7-10(2,3)11/h8H,4-7,11H2,1-3H3. The molecule has 0 saturated heterocycles. The molecule has 1 rings (SSSR count). The monoisotopic (exact) mass is 244 g/mol. The fraction of sp³-hybridized carbons (Fsp3) is 0.800. The van der Waals surface area contributed by atoms with Crippen molar-refractivity contribution in [2.45, 2.75) is 45.0 Å². The van der Waals surface area contributed by atoms with Gasteiger partial charge >= 0.3 is 0 Å². The summed E-state index contributed by atoms with van der Waals surface area (Å²) < 4.78 is 13.6. The molecule has 16 heavy (non-hydrogen) atoms. The van der Waals surface area contributed by atoms with Crippen LogP contribution in [0.2, 0.25) is 0 Å². The van der Waals surface area contributed by atoms with Crippen molar-refractivity contribution in [2.75, 3.05) is 5.75 Å². The SMILES string of the molecule is CCCn1ncnc1CS(=O)CC(C)(C)N. The predicted octanol–water partition coefficient (Wildman–Crippen LogP) is 0.674. The van der Waals surface area contributed by atoms with Crippen LogP contribution in [0.15, 0.2) is 6.33 Å². The average molecular weight is 244 g/mol. The van der Waals surface area contributed by atoms with Crippen LogP contribution in [0.5, 0.6) is 0 Å². The molecule has 92 valence electrons. The second-order valence-electron chi connectivity index (χ2n) is 4.62. The molecule has 0 saturated carbocycles. The van der Waals surface area contributed by atoms with Crippen molar-refractivity contribution in [2.24, 2.45) is 5.73 Å². The van der Waals surface area contributed by atoms with Crippen LogP contribution in [0.25, 0.3) is 0 Å². The third-order valence-electron chi connectivity index (χ3n) is 1.95. The molecular formula is C10H20N4OS. The quantitative estimate of drug-likeness (QED) is 0.798. The van der Waals surface area contributed by atoms with Crippen LogP contribution in [0, 0.1) is 0 Å². The maximum absolute atomic E-state index is 11.8. The van der Waals surface area contributed by atoms with Gasteiger partial charge in [-0.25, -0.2) is 9.67 Å². The largest absolute Gasteiger partial charge is 0.325 e. The number of hydrogen-bond acceptors (Lipinski definition) is 4. The number of rotatable bonds is 6. The third-order valence-corrected chi connectivity index (χ3v) is 3.60. The predicted molar refractivity (Wildman–Crippen MR) is 65.3 cm³/mol. The van der Waals surface area contributed by atoms with Gasteiger partial charge in [0, 0.05) is 28.6 Å². The Morgan fingerprint density at radius 3 is 2.81 bits per heavy atom. The minimum Gasteiger partial charge on any atom is -0.325 e. The number of nitrogens with zero attached hydrogens (tertiary/aromatic N) is 3. The van der Waals surface area contributed by atoms with Crippen LogP contribution < -0.4 is 5.73 Å². The first-order valence-electron chi connectivity index (χ1n) is 5.43. The van der Waals surface area contributed by atoms with E-state index in [-0.39, 0.29) is 0 Å². The van der Waals surface area contributed by atoms with Crippen molar-refractivity contribution < 1.29 is 4.21 Å². The van der Waals surface area contributed by atoms with Crippen LogP contribution in [0.4, 0.5) is 0 Å². The fourth-order valence-corrected chi connectivity index (χ4v) is 2.85. The van der Waals surface area contributed by atoms with Crippen LogP contribution >= 0.6 is 0 Å². The van der Waals surface area contributed by atoms with E-state index in [1.165, 1.54) is 6.33 Å². The van der Waals surface area contributed by atoms with Gasteiger partial charge in [0.05, 0.1) is 5.75 Å². The van der Waals surface area contributed by atoms with Gasteiger partial charge in [-0.05, 0) is 20.3 Å². The molecule has 0 aliphatic heterocycles. The van der Waals surface area contributed by atoms with E-state index in [0.717, 1.165) is 18.8 Å². The molecule has 1 aromatic rings. The van der Waals surface area contributed by atoms with Gasteiger partial charge in [-0.3, -0.25) is 4.21 Å². The van der Waals surface area contributed by atoms with Crippen molar-refractivity contribution >= 4 is 10.8 Å². The summed E-state index contributed by atoms with van der Waals surface area (Å²) in [7, 11) is -0.981. The normalized spacial score (nSPS) is 14.0. The van der Waals surface area contributed by atoms with E-state index in [2.05, 4.69) is 17.0 Å². The van der Waals surface area contributed by atoms with Gasteiger partial charge in [0.2, 0.25) is 0 Å². The maximum Gasteiger partial charge on any atom is 0.139 e. The van der Waals surface area contributed by atoms with Crippen molar-refractivity contribution in [3.05, 3.63) is 12.2 Å². The summed E-state index contributed by atoms with van der Waals surface area (Å²) in [6, 6.07) is 0. The second-order valence-corrected chi connectivity index (χ2v) is 6.07. The smallest absolute Gasteiger partial charge is 0.139 e. The van der Waals surface area contributed by atoms with Gasteiger partial charge in [-0.1, -0.05) is 6.92 Å². The molecular weight excluding hydrogens is 224 g/mol. The molecule has 5 nitrogen and oxygen atoms in total. The van der Waals surface area contributed by atoms with Crippen molar-refractivity contribution in [1.82, 2.24) is 14.8 Å². The fourth-order valence-electron chi connectivity index (χ4n) is 1.41. The third kappa shape index (κ3) is 4.40. The zero-order chi connectivity index (χ0) is 12.2. The lowest BCUT2D eigenvalue weighted by Gasteiger charge is -2.17. The van der Waals surface area contributed by atoms with Gasteiger partial charge < -0.3 is 5.73 Å². The van der Waals surface area contributed by atoms with E-state index < -0.39 is 16.3 Å². The average Bonchev–Trinajstić information content (AvgIpc) is 2.50. The Morgan fingerprint density at radius 1 is 1.56 bits per heavy atom. The molecule has 0 radical (unpaired) electrons. The highest BCUT2D eigenvalue weighted by Crippen LogP contribution is 2.06. The molecule has 6 heteroatoms. The van der Waals surface area contributed by atoms with Crippen LogP contribution in [-0.2, 0) is 23.1 Å². The van der Waals surface area contributed by atoms with Crippen molar-refractivity contribution in [3.63, 3.8) is 0 Å². The zero-order valence-electron chi connectivity index (χ0n) is 10.1. The first kappa shape index (κ1) is 13.3. The Morgan fingerprint density at radius 2 is 2.25 bits per heavy atom. The Balaban J connectivity index is 2.59. The Labute approximate surface area is 98.9 Å². The molecule has 1 unspecified atom stereocenters. The van der Waals surface area contributed by atoms with Gasteiger partial charge in [-0.15, -0.1) is 0 Å².